The summed E-state index contributed by atoms with van der Waals surface area (Å²) in [6, 6.07) is 6.55. The van der Waals surface area contributed by atoms with Crippen molar-refractivity contribution in [3.8, 4) is 0 Å². The maximum absolute atomic E-state index is 12.6. The first-order valence-electron chi connectivity index (χ1n) is 8.82. The van der Waals surface area contributed by atoms with Crippen LogP contribution in [0.2, 0.25) is 0 Å². The van der Waals surface area contributed by atoms with Crippen molar-refractivity contribution in [2.45, 2.75) is 62.8 Å². The lowest BCUT2D eigenvalue weighted by atomic mass is 9.95. The average Bonchev–Trinajstić information content (AvgIpc) is 2.60. The molecule has 24 heavy (non-hydrogen) atoms. The molecule has 1 amide bonds. The first-order valence-corrected chi connectivity index (χ1v) is 10.3. The maximum atomic E-state index is 12.6. The molecule has 1 saturated carbocycles. The molecule has 0 aromatic heterocycles. The number of sulfonamides is 1. The smallest absolute Gasteiger partial charge is 0.251 e. The van der Waals surface area contributed by atoms with Gasteiger partial charge in [-0.15, -0.1) is 0 Å². The molecule has 1 N–H and O–H groups in total. The summed E-state index contributed by atoms with van der Waals surface area (Å²) >= 11 is 0. The number of rotatable bonds is 7. The molecule has 2 rings (SSSR count). The van der Waals surface area contributed by atoms with Crippen molar-refractivity contribution in [3.05, 3.63) is 29.8 Å². The van der Waals surface area contributed by atoms with E-state index in [2.05, 4.69) is 5.32 Å². The number of amides is 1. The maximum Gasteiger partial charge on any atom is 0.251 e. The van der Waals surface area contributed by atoms with E-state index in [1.54, 1.807) is 25.2 Å². The first-order chi connectivity index (χ1) is 11.4. The predicted octanol–water partition coefficient (Wildman–Crippen LogP) is 3.17. The molecule has 1 aliphatic carbocycles. The standard InChI is InChI=1S/C18H28N2O3S/c1-3-4-13-20(2)24(22,23)17-12-8-9-15(14-17)18(21)19-16-10-6-5-7-11-16/h8-9,12,14,16H,3-7,10-11,13H2,1-2H3,(H,19,21). The van der Waals surface area contributed by atoms with E-state index in [0.717, 1.165) is 38.5 Å². The van der Waals surface area contributed by atoms with Crippen molar-refractivity contribution in [2.75, 3.05) is 13.6 Å². The minimum atomic E-state index is -3.55. The molecule has 0 unspecified atom stereocenters. The number of hydrogen-bond acceptors (Lipinski definition) is 3. The lowest BCUT2D eigenvalue weighted by molar-refractivity contribution is 0.0927. The third kappa shape index (κ3) is 4.80. The van der Waals surface area contributed by atoms with Crippen LogP contribution in [-0.4, -0.2) is 38.3 Å². The fourth-order valence-corrected chi connectivity index (χ4v) is 4.25. The van der Waals surface area contributed by atoms with Crippen molar-refractivity contribution in [1.29, 1.82) is 0 Å². The lowest BCUT2D eigenvalue weighted by Crippen LogP contribution is -2.36. The Balaban J connectivity index is 2.11. The topological polar surface area (TPSA) is 66.5 Å². The summed E-state index contributed by atoms with van der Waals surface area (Å²) in [6.07, 6.45) is 7.27. The van der Waals surface area contributed by atoms with Crippen LogP contribution < -0.4 is 5.32 Å². The summed E-state index contributed by atoms with van der Waals surface area (Å²) in [4.78, 5) is 12.6. The summed E-state index contributed by atoms with van der Waals surface area (Å²) in [7, 11) is -1.96. The van der Waals surface area contributed by atoms with Gasteiger partial charge in [0.15, 0.2) is 0 Å². The van der Waals surface area contributed by atoms with Crippen molar-refractivity contribution in [3.63, 3.8) is 0 Å². The molecule has 6 heteroatoms. The highest BCUT2D eigenvalue weighted by Gasteiger charge is 2.22. The zero-order valence-electron chi connectivity index (χ0n) is 14.6. The largest absolute Gasteiger partial charge is 0.349 e. The summed E-state index contributed by atoms with van der Waals surface area (Å²) in [5.74, 6) is -0.185. The first kappa shape index (κ1) is 18.9. The Bertz CT molecular complexity index is 652. The van der Waals surface area contributed by atoms with Gasteiger partial charge in [-0.05, 0) is 37.5 Å². The van der Waals surface area contributed by atoms with E-state index in [1.165, 1.54) is 16.8 Å². The Morgan fingerprint density at radius 3 is 2.62 bits per heavy atom. The number of hydrogen-bond donors (Lipinski definition) is 1. The van der Waals surface area contributed by atoms with Gasteiger partial charge in [0.2, 0.25) is 10.0 Å². The summed E-state index contributed by atoms with van der Waals surface area (Å²) in [5.41, 5.74) is 0.408. The summed E-state index contributed by atoms with van der Waals surface area (Å²) in [5, 5.41) is 3.03. The Labute approximate surface area is 145 Å². The summed E-state index contributed by atoms with van der Waals surface area (Å²) in [6.45, 7) is 2.51. The zero-order valence-corrected chi connectivity index (χ0v) is 15.4. The molecule has 0 aliphatic heterocycles. The zero-order chi connectivity index (χ0) is 17.6. The lowest BCUT2D eigenvalue weighted by Gasteiger charge is -2.23. The highest BCUT2D eigenvalue weighted by molar-refractivity contribution is 7.89. The van der Waals surface area contributed by atoms with Gasteiger partial charge in [0.05, 0.1) is 4.90 Å². The van der Waals surface area contributed by atoms with Gasteiger partial charge in [-0.25, -0.2) is 12.7 Å². The van der Waals surface area contributed by atoms with Gasteiger partial charge >= 0.3 is 0 Å². The number of nitrogens with one attached hydrogen (secondary N) is 1. The molecule has 1 aromatic carbocycles. The minimum Gasteiger partial charge on any atom is -0.349 e. The Hall–Kier alpha value is -1.40. The van der Waals surface area contributed by atoms with Crippen molar-refractivity contribution >= 4 is 15.9 Å². The Morgan fingerprint density at radius 1 is 1.25 bits per heavy atom. The number of unbranched alkanes of at least 4 members (excludes halogenated alkanes) is 1. The highest BCUT2D eigenvalue weighted by atomic mass is 32.2. The summed E-state index contributed by atoms with van der Waals surface area (Å²) < 4.78 is 26.5. The quantitative estimate of drug-likeness (QED) is 0.819. The average molecular weight is 353 g/mol. The van der Waals surface area contributed by atoms with Crippen molar-refractivity contribution < 1.29 is 13.2 Å². The van der Waals surface area contributed by atoms with Gasteiger partial charge < -0.3 is 5.32 Å². The highest BCUT2D eigenvalue weighted by Crippen LogP contribution is 2.19. The Morgan fingerprint density at radius 2 is 1.96 bits per heavy atom. The van der Waals surface area contributed by atoms with Crippen molar-refractivity contribution in [2.24, 2.45) is 0 Å². The van der Waals surface area contributed by atoms with Crippen LogP contribution in [0.1, 0.15) is 62.2 Å². The number of benzene rings is 1. The molecule has 0 atom stereocenters. The van der Waals surface area contributed by atoms with Crippen molar-refractivity contribution in [1.82, 2.24) is 9.62 Å². The second kappa shape index (κ2) is 8.62. The van der Waals surface area contributed by atoms with Gasteiger partial charge in [-0.1, -0.05) is 38.7 Å². The molecule has 0 spiro atoms. The van der Waals surface area contributed by atoms with E-state index in [1.807, 2.05) is 6.92 Å². The predicted molar refractivity (Wildman–Crippen MR) is 95.5 cm³/mol. The van der Waals surface area contributed by atoms with Gasteiger partial charge in [0.25, 0.3) is 5.91 Å². The molecule has 0 radical (unpaired) electrons. The molecular formula is C18H28N2O3S. The van der Waals surface area contributed by atoms with Crippen LogP contribution in [-0.2, 0) is 10.0 Å². The molecule has 134 valence electrons. The number of carbonyl (C=O) groups is 1. The molecule has 1 aromatic rings. The van der Waals surface area contributed by atoms with E-state index in [9.17, 15) is 13.2 Å². The third-order valence-corrected chi connectivity index (χ3v) is 6.42. The second-order valence-electron chi connectivity index (χ2n) is 6.52. The van der Waals surface area contributed by atoms with Crippen LogP contribution in [0.4, 0.5) is 0 Å². The van der Waals surface area contributed by atoms with Gasteiger partial charge in [-0.2, -0.15) is 0 Å². The number of carbonyl (C=O) groups excluding carboxylic acids is 1. The molecule has 0 heterocycles. The van der Waals surface area contributed by atoms with Gasteiger partial charge in [-0.3, -0.25) is 4.79 Å². The Kier molecular flexibility index (Phi) is 6.80. The van der Waals surface area contributed by atoms with Crippen LogP contribution in [0.3, 0.4) is 0 Å². The van der Waals surface area contributed by atoms with Crippen LogP contribution in [0.25, 0.3) is 0 Å². The monoisotopic (exact) mass is 352 g/mol. The van der Waals surface area contributed by atoms with Gasteiger partial charge in [0, 0.05) is 25.2 Å². The fourth-order valence-electron chi connectivity index (χ4n) is 2.99. The van der Waals surface area contributed by atoms with Crippen LogP contribution in [0, 0.1) is 0 Å². The second-order valence-corrected chi connectivity index (χ2v) is 8.56. The molecular weight excluding hydrogens is 324 g/mol. The molecule has 1 aliphatic rings. The van der Waals surface area contributed by atoms with Crippen LogP contribution in [0.15, 0.2) is 29.2 Å². The molecule has 0 saturated heterocycles. The SMILES string of the molecule is CCCCN(C)S(=O)(=O)c1cccc(C(=O)NC2CCCCC2)c1. The van der Waals surface area contributed by atoms with E-state index in [-0.39, 0.29) is 16.8 Å². The molecule has 0 bridgehead atoms. The molecule has 5 nitrogen and oxygen atoms in total. The van der Waals surface area contributed by atoms with E-state index in [0.29, 0.717) is 12.1 Å². The third-order valence-electron chi connectivity index (χ3n) is 4.57. The number of nitrogens with zero attached hydrogens (tertiary/aromatic N) is 1. The molecule has 1 fully saturated rings. The van der Waals surface area contributed by atoms with E-state index < -0.39 is 10.0 Å². The van der Waals surface area contributed by atoms with E-state index in [4.69, 9.17) is 0 Å². The minimum absolute atomic E-state index is 0.178. The van der Waals surface area contributed by atoms with Crippen LogP contribution in [0.5, 0.6) is 0 Å². The normalized spacial score (nSPS) is 16.3. The van der Waals surface area contributed by atoms with Gasteiger partial charge in [0.1, 0.15) is 0 Å². The fraction of sp³-hybridized carbons (Fsp3) is 0.611. The van der Waals surface area contributed by atoms with Crippen LogP contribution >= 0.6 is 0 Å². The van der Waals surface area contributed by atoms with E-state index >= 15 is 0 Å².